The zero-order valence-corrected chi connectivity index (χ0v) is 11.6. The van der Waals surface area contributed by atoms with Crippen LogP contribution in [0.1, 0.15) is 5.56 Å². The summed E-state index contributed by atoms with van der Waals surface area (Å²) in [5, 5.41) is 9.20. The minimum atomic E-state index is 0.535. The minimum absolute atomic E-state index is 0.535. The van der Waals surface area contributed by atoms with E-state index >= 15 is 0 Å². The second-order valence-corrected chi connectivity index (χ2v) is 4.07. The first-order valence-corrected chi connectivity index (χ1v) is 6.04. The summed E-state index contributed by atoms with van der Waals surface area (Å²) in [7, 11) is 4.69. The van der Waals surface area contributed by atoms with E-state index in [-0.39, 0.29) is 0 Å². The Bertz CT molecular complexity index is 634. The fourth-order valence-corrected chi connectivity index (χ4v) is 2.07. The molecule has 0 aromatic heterocycles. The van der Waals surface area contributed by atoms with Gasteiger partial charge < -0.3 is 14.2 Å². The third kappa shape index (κ3) is 2.39. The van der Waals surface area contributed by atoms with Crippen molar-refractivity contribution in [1.29, 1.82) is 5.26 Å². The molecular formula is C16H15NO3. The Hall–Kier alpha value is -2.67. The smallest absolute Gasteiger partial charge is 0.203 e. The third-order valence-corrected chi connectivity index (χ3v) is 3.02. The molecule has 0 bridgehead atoms. The number of rotatable bonds is 4. The van der Waals surface area contributed by atoms with Gasteiger partial charge in [0.1, 0.15) is 0 Å². The van der Waals surface area contributed by atoms with Crippen LogP contribution in [0.5, 0.6) is 17.2 Å². The Kier molecular flexibility index (Phi) is 4.11. The molecule has 0 aliphatic rings. The molecule has 102 valence electrons. The summed E-state index contributed by atoms with van der Waals surface area (Å²) in [6.45, 7) is 0. The first kappa shape index (κ1) is 13.8. The maximum absolute atomic E-state index is 9.20. The van der Waals surface area contributed by atoms with Gasteiger partial charge in [0.2, 0.25) is 5.75 Å². The molecule has 0 radical (unpaired) electrons. The first-order chi connectivity index (χ1) is 9.74. The van der Waals surface area contributed by atoms with Crippen molar-refractivity contribution in [3.63, 3.8) is 0 Å². The standard InChI is InChI=1S/C16H15NO3/c1-18-14-8-12(9-15(19-2)16(14)20-3)13-7-5-4-6-11(13)10-17/h4-9H,1-3H3. The largest absolute Gasteiger partial charge is 0.493 e. The van der Waals surface area contributed by atoms with Crippen LogP contribution in [-0.2, 0) is 0 Å². The lowest BCUT2D eigenvalue weighted by atomic mass is 9.99. The van der Waals surface area contributed by atoms with Crippen molar-refractivity contribution in [3.8, 4) is 34.4 Å². The van der Waals surface area contributed by atoms with Crippen molar-refractivity contribution in [2.75, 3.05) is 21.3 Å². The molecule has 4 heteroatoms. The van der Waals surface area contributed by atoms with Crippen LogP contribution in [-0.4, -0.2) is 21.3 Å². The fourth-order valence-electron chi connectivity index (χ4n) is 2.07. The number of benzene rings is 2. The van der Waals surface area contributed by atoms with Crippen molar-refractivity contribution in [2.45, 2.75) is 0 Å². The van der Waals surface area contributed by atoms with Crippen molar-refractivity contribution in [3.05, 3.63) is 42.0 Å². The summed E-state index contributed by atoms with van der Waals surface area (Å²) in [5.41, 5.74) is 2.27. The van der Waals surface area contributed by atoms with Gasteiger partial charge in [0.05, 0.1) is 33.0 Å². The molecule has 0 spiro atoms. The summed E-state index contributed by atoms with van der Waals surface area (Å²) >= 11 is 0. The van der Waals surface area contributed by atoms with E-state index in [4.69, 9.17) is 14.2 Å². The highest BCUT2D eigenvalue weighted by atomic mass is 16.5. The third-order valence-electron chi connectivity index (χ3n) is 3.02. The molecule has 2 rings (SSSR count). The van der Waals surface area contributed by atoms with Crippen molar-refractivity contribution in [2.24, 2.45) is 0 Å². The molecule has 0 amide bonds. The SMILES string of the molecule is COc1cc(-c2ccccc2C#N)cc(OC)c1OC. The van der Waals surface area contributed by atoms with Crippen LogP contribution in [0, 0.1) is 11.3 Å². The molecule has 0 fully saturated rings. The summed E-state index contributed by atoms with van der Waals surface area (Å²) in [5.74, 6) is 1.66. The predicted octanol–water partition coefficient (Wildman–Crippen LogP) is 3.25. The zero-order chi connectivity index (χ0) is 14.5. The molecule has 4 nitrogen and oxygen atoms in total. The lowest BCUT2D eigenvalue weighted by Crippen LogP contribution is -1.96. The molecule has 0 atom stereocenters. The molecule has 0 aliphatic carbocycles. The normalized spacial score (nSPS) is 9.70. The Morgan fingerprint density at radius 2 is 1.50 bits per heavy atom. The van der Waals surface area contributed by atoms with E-state index in [1.807, 2.05) is 30.3 Å². The fraction of sp³-hybridized carbons (Fsp3) is 0.188. The van der Waals surface area contributed by atoms with Gasteiger partial charge in [0, 0.05) is 0 Å². The highest BCUT2D eigenvalue weighted by Gasteiger charge is 2.15. The lowest BCUT2D eigenvalue weighted by molar-refractivity contribution is 0.324. The summed E-state index contributed by atoms with van der Waals surface area (Å²) < 4.78 is 15.9. The van der Waals surface area contributed by atoms with Crippen LogP contribution in [0.2, 0.25) is 0 Å². The van der Waals surface area contributed by atoms with Gasteiger partial charge in [-0.3, -0.25) is 0 Å². The van der Waals surface area contributed by atoms with Gasteiger partial charge >= 0.3 is 0 Å². The molecule has 0 unspecified atom stereocenters. The van der Waals surface area contributed by atoms with Crippen LogP contribution >= 0.6 is 0 Å². The van der Waals surface area contributed by atoms with E-state index in [9.17, 15) is 5.26 Å². The topological polar surface area (TPSA) is 51.5 Å². The van der Waals surface area contributed by atoms with Crippen LogP contribution in [0.15, 0.2) is 36.4 Å². The van der Waals surface area contributed by atoms with E-state index in [2.05, 4.69) is 6.07 Å². The van der Waals surface area contributed by atoms with Gasteiger partial charge in [-0.2, -0.15) is 5.26 Å². The van der Waals surface area contributed by atoms with Gasteiger partial charge in [-0.15, -0.1) is 0 Å². The van der Waals surface area contributed by atoms with E-state index in [0.717, 1.165) is 11.1 Å². The zero-order valence-electron chi connectivity index (χ0n) is 11.6. The number of methoxy groups -OCH3 is 3. The Morgan fingerprint density at radius 3 is 2.00 bits per heavy atom. The van der Waals surface area contributed by atoms with Crippen LogP contribution in [0.25, 0.3) is 11.1 Å². The molecular weight excluding hydrogens is 254 g/mol. The molecule has 0 N–H and O–H groups in total. The maximum atomic E-state index is 9.20. The minimum Gasteiger partial charge on any atom is -0.493 e. The number of nitrogens with zero attached hydrogens (tertiary/aromatic N) is 1. The Morgan fingerprint density at radius 1 is 0.900 bits per heavy atom. The van der Waals surface area contributed by atoms with Crippen LogP contribution < -0.4 is 14.2 Å². The maximum Gasteiger partial charge on any atom is 0.203 e. The van der Waals surface area contributed by atoms with Gasteiger partial charge in [0.25, 0.3) is 0 Å². The van der Waals surface area contributed by atoms with Gasteiger partial charge in [-0.1, -0.05) is 18.2 Å². The van der Waals surface area contributed by atoms with Crippen LogP contribution in [0.4, 0.5) is 0 Å². The molecule has 2 aromatic rings. The molecule has 0 saturated heterocycles. The predicted molar refractivity (Wildman–Crippen MR) is 76.2 cm³/mol. The molecule has 0 heterocycles. The molecule has 0 saturated carbocycles. The average molecular weight is 269 g/mol. The Balaban J connectivity index is 2.67. The van der Waals surface area contributed by atoms with Gasteiger partial charge in [-0.05, 0) is 29.3 Å². The quantitative estimate of drug-likeness (QED) is 0.855. The lowest BCUT2D eigenvalue weighted by Gasteiger charge is -2.14. The van der Waals surface area contributed by atoms with E-state index in [0.29, 0.717) is 22.8 Å². The number of ether oxygens (including phenoxy) is 3. The first-order valence-electron chi connectivity index (χ1n) is 6.04. The number of hydrogen-bond donors (Lipinski definition) is 0. The molecule has 2 aromatic carbocycles. The van der Waals surface area contributed by atoms with E-state index < -0.39 is 0 Å². The van der Waals surface area contributed by atoms with Gasteiger partial charge in [0.15, 0.2) is 11.5 Å². The second kappa shape index (κ2) is 5.98. The second-order valence-electron chi connectivity index (χ2n) is 4.07. The highest BCUT2D eigenvalue weighted by Crippen LogP contribution is 2.41. The van der Waals surface area contributed by atoms with Crippen molar-refractivity contribution >= 4 is 0 Å². The van der Waals surface area contributed by atoms with E-state index in [1.54, 1.807) is 27.4 Å². The molecule has 0 aliphatic heterocycles. The number of hydrogen-bond acceptors (Lipinski definition) is 4. The highest BCUT2D eigenvalue weighted by molar-refractivity contribution is 5.75. The van der Waals surface area contributed by atoms with Crippen molar-refractivity contribution < 1.29 is 14.2 Å². The monoisotopic (exact) mass is 269 g/mol. The molecule has 20 heavy (non-hydrogen) atoms. The average Bonchev–Trinajstić information content (AvgIpc) is 2.53. The van der Waals surface area contributed by atoms with Crippen molar-refractivity contribution in [1.82, 2.24) is 0 Å². The van der Waals surface area contributed by atoms with E-state index in [1.165, 1.54) is 0 Å². The summed E-state index contributed by atoms with van der Waals surface area (Å²) in [6.07, 6.45) is 0. The Labute approximate surface area is 118 Å². The summed E-state index contributed by atoms with van der Waals surface area (Å²) in [6, 6.07) is 13.2. The van der Waals surface area contributed by atoms with Crippen LogP contribution in [0.3, 0.4) is 0 Å². The summed E-state index contributed by atoms with van der Waals surface area (Å²) in [4.78, 5) is 0. The number of nitriles is 1. The van der Waals surface area contributed by atoms with Gasteiger partial charge in [-0.25, -0.2) is 0 Å².